The van der Waals surface area contributed by atoms with Gasteiger partial charge in [0.25, 0.3) is 5.91 Å². The number of nitrogens with one attached hydrogen (secondary N) is 1. The molecule has 1 aromatic heterocycles. The molecule has 6 heteroatoms. The van der Waals surface area contributed by atoms with Crippen molar-refractivity contribution in [1.29, 1.82) is 0 Å². The van der Waals surface area contributed by atoms with Crippen molar-refractivity contribution in [3.05, 3.63) is 44.0 Å². The Morgan fingerprint density at radius 3 is 2.83 bits per heavy atom. The lowest BCUT2D eigenvalue weighted by atomic mass is 10.3. The van der Waals surface area contributed by atoms with Crippen LogP contribution in [0.5, 0.6) is 5.75 Å². The van der Waals surface area contributed by atoms with Crippen molar-refractivity contribution in [2.75, 3.05) is 12.4 Å². The SMILES string of the molecule is COc1cc(NC(=O)c2sccc2Br)ccc1Cl. The van der Waals surface area contributed by atoms with Gasteiger partial charge in [-0.3, -0.25) is 4.79 Å². The predicted molar refractivity (Wildman–Crippen MR) is 78.0 cm³/mol. The molecule has 1 N–H and O–H groups in total. The van der Waals surface area contributed by atoms with E-state index >= 15 is 0 Å². The third-order valence-corrected chi connectivity index (χ3v) is 4.38. The number of benzene rings is 1. The van der Waals surface area contributed by atoms with Crippen LogP contribution in [0.4, 0.5) is 5.69 Å². The summed E-state index contributed by atoms with van der Waals surface area (Å²) in [6, 6.07) is 6.92. The van der Waals surface area contributed by atoms with E-state index in [1.165, 1.54) is 18.4 Å². The third kappa shape index (κ3) is 2.85. The molecular formula is C12H9BrClNO2S. The number of carbonyl (C=O) groups excluding carboxylic acids is 1. The summed E-state index contributed by atoms with van der Waals surface area (Å²) in [6.07, 6.45) is 0. The predicted octanol–water partition coefficient (Wildman–Crippen LogP) is 4.42. The highest BCUT2D eigenvalue weighted by atomic mass is 79.9. The molecule has 0 radical (unpaired) electrons. The Morgan fingerprint density at radius 1 is 1.44 bits per heavy atom. The normalized spacial score (nSPS) is 10.2. The number of hydrogen-bond acceptors (Lipinski definition) is 3. The molecule has 2 rings (SSSR count). The standard InChI is InChI=1S/C12H9BrClNO2S/c1-17-10-6-7(2-3-9(10)14)15-12(16)11-8(13)4-5-18-11/h2-6H,1H3,(H,15,16). The summed E-state index contributed by atoms with van der Waals surface area (Å²) in [7, 11) is 1.53. The topological polar surface area (TPSA) is 38.3 Å². The van der Waals surface area contributed by atoms with Crippen LogP contribution < -0.4 is 10.1 Å². The largest absolute Gasteiger partial charge is 0.495 e. The molecule has 0 fully saturated rings. The van der Waals surface area contributed by atoms with Crippen molar-refractivity contribution in [1.82, 2.24) is 0 Å². The van der Waals surface area contributed by atoms with Crippen molar-refractivity contribution in [2.45, 2.75) is 0 Å². The van der Waals surface area contributed by atoms with Crippen molar-refractivity contribution >= 4 is 50.5 Å². The molecule has 18 heavy (non-hydrogen) atoms. The van der Waals surface area contributed by atoms with Gasteiger partial charge in [0.2, 0.25) is 0 Å². The Balaban J connectivity index is 2.20. The second-order valence-corrected chi connectivity index (χ2v) is 5.58. The van der Waals surface area contributed by atoms with E-state index in [2.05, 4.69) is 21.2 Å². The molecule has 1 heterocycles. The number of ether oxygens (including phenoxy) is 1. The molecule has 1 aromatic carbocycles. The van der Waals surface area contributed by atoms with Crippen LogP contribution >= 0.6 is 38.9 Å². The summed E-state index contributed by atoms with van der Waals surface area (Å²) in [5.41, 5.74) is 0.640. The number of hydrogen-bond donors (Lipinski definition) is 1. The summed E-state index contributed by atoms with van der Waals surface area (Å²) in [5, 5.41) is 5.15. The fourth-order valence-electron chi connectivity index (χ4n) is 1.38. The fraction of sp³-hybridized carbons (Fsp3) is 0.0833. The van der Waals surface area contributed by atoms with E-state index in [9.17, 15) is 4.79 Å². The van der Waals surface area contributed by atoms with Crippen molar-refractivity contribution < 1.29 is 9.53 Å². The van der Waals surface area contributed by atoms with Crippen LogP contribution in [0.1, 0.15) is 9.67 Å². The summed E-state index contributed by atoms with van der Waals surface area (Å²) in [4.78, 5) is 12.6. The van der Waals surface area contributed by atoms with Gasteiger partial charge in [0.15, 0.2) is 0 Å². The highest BCUT2D eigenvalue weighted by Gasteiger charge is 2.12. The maximum atomic E-state index is 12.0. The zero-order chi connectivity index (χ0) is 13.1. The molecule has 0 unspecified atom stereocenters. The van der Waals surface area contributed by atoms with Crippen LogP contribution in [0.2, 0.25) is 5.02 Å². The number of rotatable bonds is 3. The highest BCUT2D eigenvalue weighted by molar-refractivity contribution is 9.10. The minimum Gasteiger partial charge on any atom is -0.495 e. The Morgan fingerprint density at radius 2 is 2.22 bits per heavy atom. The first-order chi connectivity index (χ1) is 8.61. The van der Waals surface area contributed by atoms with Crippen molar-refractivity contribution in [3.8, 4) is 5.75 Å². The van der Waals surface area contributed by atoms with E-state index in [0.717, 1.165) is 4.47 Å². The zero-order valence-corrected chi connectivity index (χ0v) is 12.5. The second kappa shape index (κ2) is 5.73. The fourth-order valence-corrected chi connectivity index (χ4v) is 3.02. The molecular weight excluding hydrogens is 338 g/mol. The summed E-state index contributed by atoms with van der Waals surface area (Å²) < 4.78 is 5.88. The van der Waals surface area contributed by atoms with Crippen LogP contribution in [0.15, 0.2) is 34.1 Å². The average molecular weight is 347 g/mol. The molecule has 0 bridgehead atoms. The van der Waals surface area contributed by atoms with Crippen LogP contribution in [0.3, 0.4) is 0 Å². The lowest BCUT2D eigenvalue weighted by Crippen LogP contribution is -2.10. The van der Waals surface area contributed by atoms with E-state index < -0.39 is 0 Å². The Bertz CT molecular complexity index is 585. The van der Waals surface area contributed by atoms with E-state index in [1.54, 1.807) is 18.2 Å². The summed E-state index contributed by atoms with van der Waals surface area (Å²) in [6.45, 7) is 0. The number of amides is 1. The van der Waals surface area contributed by atoms with Crippen LogP contribution in [0, 0.1) is 0 Å². The maximum absolute atomic E-state index is 12.0. The van der Waals surface area contributed by atoms with Gasteiger partial charge in [-0.25, -0.2) is 0 Å². The molecule has 3 nitrogen and oxygen atoms in total. The first-order valence-corrected chi connectivity index (χ1v) is 7.04. The van der Waals surface area contributed by atoms with Crippen molar-refractivity contribution in [3.63, 3.8) is 0 Å². The minimum atomic E-state index is -0.166. The van der Waals surface area contributed by atoms with E-state index in [1.807, 2.05) is 11.4 Å². The van der Waals surface area contributed by atoms with Gasteiger partial charge in [0, 0.05) is 16.2 Å². The number of anilines is 1. The quantitative estimate of drug-likeness (QED) is 0.893. The molecule has 0 aliphatic heterocycles. The van der Waals surface area contributed by atoms with Crippen molar-refractivity contribution in [2.24, 2.45) is 0 Å². The summed E-state index contributed by atoms with van der Waals surface area (Å²) in [5.74, 6) is 0.362. The Hall–Kier alpha value is -1.04. The van der Waals surface area contributed by atoms with Crippen LogP contribution in [0.25, 0.3) is 0 Å². The monoisotopic (exact) mass is 345 g/mol. The maximum Gasteiger partial charge on any atom is 0.266 e. The van der Waals surface area contributed by atoms with Gasteiger partial charge < -0.3 is 10.1 Å². The van der Waals surface area contributed by atoms with Gasteiger partial charge in [-0.1, -0.05) is 11.6 Å². The molecule has 0 spiro atoms. The van der Waals surface area contributed by atoms with Crippen LogP contribution in [-0.2, 0) is 0 Å². The minimum absolute atomic E-state index is 0.166. The number of thiophene rings is 1. The van der Waals surface area contributed by atoms with Gasteiger partial charge in [0.05, 0.1) is 12.1 Å². The molecule has 0 aliphatic carbocycles. The number of methoxy groups -OCH3 is 1. The number of carbonyl (C=O) groups is 1. The molecule has 0 saturated heterocycles. The van der Waals surface area contributed by atoms with Gasteiger partial charge in [-0.2, -0.15) is 0 Å². The van der Waals surface area contributed by atoms with E-state index in [0.29, 0.717) is 21.3 Å². The molecule has 0 saturated carbocycles. The molecule has 0 atom stereocenters. The van der Waals surface area contributed by atoms with E-state index in [4.69, 9.17) is 16.3 Å². The lowest BCUT2D eigenvalue weighted by Gasteiger charge is -2.07. The first kappa shape index (κ1) is 13.4. The molecule has 0 aliphatic rings. The van der Waals surface area contributed by atoms with E-state index in [-0.39, 0.29) is 5.91 Å². The molecule has 1 amide bonds. The smallest absolute Gasteiger partial charge is 0.266 e. The van der Waals surface area contributed by atoms with Gasteiger partial charge in [-0.05, 0) is 39.5 Å². The number of halogens is 2. The third-order valence-electron chi connectivity index (χ3n) is 2.23. The van der Waals surface area contributed by atoms with Gasteiger partial charge in [-0.15, -0.1) is 11.3 Å². The molecule has 2 aromatic rings. The molecule has 94 valence electrons. The second-order valence-electron chi connectivity index (χ2n) is 3.40. The summed E-state index contributed by atoms with van der Waals surface area (Å²) >= 11 is 10.6. The van der Waals surface area contributed by atoms with Gasteiger partial charge >= 0.3 is 0 Å². The Kier molecular flexibility index (Phi) is 4.27. The van der Waals surface area contributed by atoms with Gasteiger partial charge in [0.1, 0.15) is 10.6 Å². The average Bonchev–Trinajstić information content (AvgIpc) is 2.78. The Labute approximate surface area is 122 Å². The first-order valence-electron chi connectivity index (χ1n) is 4.99. The van der Waals surface area contributed by atoms with Crippen LogP contribution in [-0.4, -0.2) is 13.0 Å². The lowest BCUT2D eigenvalue weighted by molar-refractivity contribution is 0.103. The zero-order valence-electron chi connectivity index (χ0n) is 9.37. The highest BCUT2D eigenvalue weighted by Crippen LogP contribution is 2.29.